The molecule has 0 saturated heterocycles. The number of nitro groups is 1. The third-order valence-electron chi connectivity index (χ3n) is 3.21. The predicted molar refractivity (Wildman–Crippen MR) is 64.0 cm³/mol. The van der Waals surface area contributed by atoms with E-state index in [9.17, 15) is 10.1 Å². The third kappa shape index (κ3) is 2.81. The van der Waals surface area contributed by atoms with Gasteiger partial charge in [0.15, 0.2) is 0 Å². The number of hydrogen-bond acceptors (Lipinski definition) is 4. The molecule has 17 heavy (non-hydrogen) atoms. The molecule has 0 atom stereocenters. The fourth-order valence-corrected chi connectivity index (χ4v) is 2.24. The number of aliphatic hydroxyl groups excluding tert-OH is 1. The van der Waals surface area contributed by atoms with Crippen molar-refractivity contribution in [2.24, 2.45) is 0 Å². The minimum absolute atomic E-state index is 0.163. The maximum Gasteiger partial charge on any atom is 0.269 e. The molecule has 0 saturated carbocycles. The van der Waals surface area contributed by atoms with E-state index < -0.39 is 0 Å². The van der Waals surface area contributed by atoms with Crippen molar-refractivity contribution in [1.29, 1.82) is 0 Å². The lowest BCUT2D eigenvalue weighted by Gasteiger charge is -2.17. The van der Waals surface area contributed by atoms with Crippen molar-refractivity contribution in [2.75, 3.05) is 26.2 Å². The minimum Gasteiger partial charge on any atom is -0.395 e. The van der Waals surface area contributed by atoms with Crippen LogP contribution in [0.4, 0.5) is 5.69 Å². The average Bonchev–Trinajstić information content (AvgIpc) is 2.52. The largest absolute Gasteiger partial charge is 0.395 e. The molecule has 92 valence electrons. The molecule has 1 heterocycles. The number of aliphatic hydroxyl groups is 1. The molecule has 0 aromatic heterocycles. The van der Waals surface area contributed by atoms with Crippen LogP contribution in [0.1, 0.15) is 11.1 Å². The molecule has 0 radical (unpaired) electrons. The van der Waals surface area contributed by atoms with Gasteiger partial charge in [0.05, 0.1) is 11.5 Å². The molecule has 0 amide bonds. The highest BCUT2D eigenvalue weighted by Gasteiger charge is 2.16. The Morgan fingerprint density at radius 2 is 2.00 bits per heavy atom. The Labute approximate surface area is 99.8 Å². The van der Waals surface area contributed by atoms with Crippen molar-refractivity contribution in [2.45, 2.75) is 12.8 Å². The van der Waals surface area contributed by atoms with Gasteiger partial charge in [-0.1, -0.05) is 6.07 Å². The summed E-state index contributed by atoms with van der Waals surface area (Å²) in [5.74, 6) is 0. The molecule has 0 unspecified atom stereocenters. The topological polar surface area (TPSA) is 66.6 Å². The van der Waals surface area contributed by atoms with Crippen molar-refractivity contribution in [3.8, 4) is 0 Å². The van der Waals surface area contributed by atoms with Crippen molar-refractivity contribution < 1.29 is 10.0 Å². The Bertz CT molecular complexity index is 420. The lowest BCUT2D eigenvalue weighted by atomic mass is 10.0. The maximum atomic E-state index is 10.7. The van der Waals surface area contributed by atoms with Crippen LogP contribution >= 0.6 is 0 Å². The number of rotatable bonds is 3. The molecule has 1 aliphatic heterocycles. The number of fused-ring (bicyclic) bond motifs is 1. The summed E-state index contributed by atoms with van der Waals surface area (Å²) in [7, 11) is 0. The third-order valence-corrected chi connectivity index (χ3v) is 3.21. The Morgan fingerprint density at radius 1 is 1.29 bits per heavy atom. The summed E-state index contributed by atoms with van der Waals surface area (Å²) in [6, 6.07) is 5.11. The zero-order valence-corrected chi connectivity index (χ0v) is 9.63. The van der Waals surface area contributed by atoms with E-state index in [1.807, 2.05) is 6.07 Å². The van der Waals surface area contributed by atoms with E-state index in [4.69, 9.17) is 5.11 Å². The zero-order chi connectivity index (χ0) is 12.3. The second kappa shape index (κ2) is 5.25. The van der Waals surface area contributed by atoms with Gasteiger partial charge in [-0.15, -0.1) is 0 Å². The summed E-state index contributed by atoms with van der Waals surface area (Å²) in [5, 5.41) is 19.6. The van der Waals surface area contributed by atoms with Crippen molar-refractivity contribution in [3.63, 3.8) is 0 Å². The van der Waals surface area contributed by atoms with Gasteiger partial charge in [-0.05, 0) is 24.0 Å². The summed E-state index contributed by atoms with van der Waals surface area (Å²) in [5.41, 5.74) is 2.43. The number of β-amino-alcohol motifs (C(OH)–C–C–N with tert-alkyl or cyclic N) is 1. The first-order valence-electron chi connectivity index (χ1n) is 5.80. The first-order valence-corrected chi connectivity index (χ1v) is 5.80. The Morgan fingerprint density at radius 3 is 2.65 bits per heavy atom. The van der Waals surface area contributed by atoms with Crippen LogP contribution in [-0.2, 0) is 12.8 Å². The van der Waals surface area contributed by atoms with Gasteiger partial charge < -0.3 is 10.0 Å². The summed E-state index contributed by atoms with van der Waals surface area (Å²) >= 11 is 0. The number of nitro benzene ring substituents is 1. The molecular weight excluding hydrogens is 220 g/mol. The lowest BCUT2D eigenvalue weighted by molar-refractivity contribution is -0.384. The summed E-state index contributed by atoms with van der Waals surface area (Å²) < 4.78 is 0. The molecule has 0 aliphatic carbocycles. The minimum atomic E-state index is -0.351. The number of nitrogens with zero attached hydrogens (tertiary/aromatic N) is 2. The fraction of sp³-hybridized carbons (Fsp3) is 0.500. The molecule has 0 fully saturated rings. The highest BCUT2D eigenvalue weighted by molar-refractivity contribution is 5.40. The highest BCUT2D eigenvalue weighted by Crippen LogP contribution is 2.21. The van der Waals surface area contributed by atoms with E-state index in [1.54, 1.807) is 12.1 Å². The van der Waals surface area contributed by atoms with E-state index in [0.717, 1.165) is 31.5 Å². The molecule has 1 aromatic rings. The van der Waals surface area contributed by atoms with Crippen molar-refractivity contribution >= 4 is 5.69 Å². The van der Waals surface area contributed by atoms with Crippen LogP contribution in [0.3, 0.4) is 0 Å². The van der Waals surface area contributed by atoms with E-state index in [2.05, 4.69) is 4.90 Å². The Balaban J connectivity index is 2.16. The second-order valence-corrected chi connectivity index (χ2v) is 4.28. The van der Waals surface area contributed by atoms with Gasteiger partial charge in [0.2, 0.25) is 0 Å². The van der Waals surface area contributed by atoms with Crippen LogP contribution in [-0.4, -0.2) is 41.2 Å². The second-order valence-electron chi connectivity index (χ2n) is 4.28. The van der Waals surface area contributed by atoms with Gasteiger partial charge in [-0.25, -0.2) is 0 Å². The van der Waals surface area contributed by atoms with E-state index in [0.29, 0.717) is 6.54 Å². The molecule has 1 aromatic carbocycles. The van der Waals surface area contributed by atoms with Gasteiger partial charge >= 0.3 is 0 Å². The molecule has 0 spiro atoms. The van der Waals surface area contributed by atoms with Crippen LogP contribution in [0.5, 0.6) is 0 Å². The Kier molecular flexibility index (Phi) is 3.71. The zero-order valence-electron chi connectivity index (χ0n) is 9.63. The van der Waals surface area contributed by atoms with E-state index >= 15 is 0 Å². The molecule has 5 heteroatoms. The van der Waals surface area contributed by atoms with Crippen molar-refractivity contribution in [1.82, 2.24) is 4.90 Å². The number of benzene rings is 1. The maximum absolute atomic E-state index is 10.7. The predicted octanol–water partition coefficient (Wildman–Crippen LogP) is 0.988. The first kappa shape index (κ1) is 12.0. The molecular formula is C12H16N2O3. The van der Waals surface area contributed by atoms with Crippen molar-refractivity contribution in [3.05, 3.63) is 39.4 Å². The summed E-state index contributed by atoms with van der Waals surface area (Å²) in [6.45, 7) is 2.60. The van der Waals surface area contributed by atoms with E-state index in [-0.39, 0.29) is 17.2 Å². The quantitative estimate of drug-likeness (QED) is 0.627. The monoisotopic (exact) mass is 236 g/mol. The van der Waals surface area contributed by atoms with Gasteiger partial charge in [0.25, 0.3) is 5.69 Å². The molecule has 0 bridgehead atoms. The van der Waals surface area contributed by atoms with E-state index in [1.165, 1.54) is 5.56 Å². The SMILES string of the molecule is O=[N+]([O-])c1ccc2c(c1)CCN(CCO)CC2. The Hall–Kier alpha value is -1.46. The van der Waals surface area contributed by atoms with Crippen LogP contribution < -0.4 is 0 Å². The standard InChI is InChI=1S/C12H16N2O3/c15-8-7-13-5-3-10-1-2-12(14(16)17)9-11(10)4-6-13/h1-2,9,15H,3-8H2. The van der Waals surface area contributed by atoms with Gasteiger partial charge in [-0.2, -0.15) is 0 Å². The average molecular weight is 236 g/mol. The number of hydrogen-bond donors (Lipinski definition) is 1. The van der Waals surface area contributed by atoms with Gasteiger partial charge in [0, 0.05) is 31.8 Å². The number of non-ortho nitro benzene ring substituents is 1. The first-order chi connectivity index (χ1) is 8.20. The summed E-state index contributed by atoms with van der Waals surface area (Å²) in [6.07, 6.45) is 1.71. The summed E-state index contributed by atoms with van der Waals surface area (Å²) in [4.78, 5) is 12.5. The molecule has 2 rings (SSSR count). The normalized spacial score (nSPS) is 16.3. The molecule has 5 nitrogen and oxygen atoms in total. The molecule has 1 N–H and O–H groups in total. The smallest absolute Gasteiger partial charge is 0.269 e. The fourth-order valence-electron chi connectivity index (χ4n) is 2.24. The van der Waals surface area contributed by atoms with Gasteiger partial charge in [-0.3, -0.25) is 10.1 Å². The van der Waals surface area contributed by atoms with Crippen LogP contribution in [0, 0.1) is 10.1 Å². The van der Waals surface area contributed by atoms with Crippen LogP contribution in [0.15, 0.2) is 18.2 Å². The lowest BCUT2D eigenvalue weighted by Crippen LogP contribution is -2.29. The van der Waals surface area contributed by atoms with Crippen LogP contribution in [0.25, 0.3) is 0 Å². The van der Waals surface area contributed by atoms with Gasteiger partial charge in [0.1, 0.15) is 0 Å². The highest BCUT2D eigenvalue weighted by atomic mass is 16.6. The molecule has 1 aliphatic rings. The van der Waals surface area contributed by atoms with Crippen LogP contribution in [0.2, 0.25) is 0 Å².